The molecule has 0 bridgehead atoms. The lowest BCUT2D eigenvalue weighted by atomic mass is 10.0. The van der Waals surface area contributed by atoms with Crippen LogP contribution in [-0.2, 0) is 9.53 Å². The van der Waals surface area contributed by atoms with Crippen LogP contribution in [0.15, 0.2) is 48.5 Å². The average Bonchev–Trinajstić information content (AvgIpc) is 2.60. The zero-order chi connectivity index (χ0) is 16.9. The fourth-order valence-electron chi connectivity index (χ4n) is 2.84. The molecular formula is C19H21O4P. The van der Waals surface area contributed by atoms with Crippen LogP contribution in [0.3, 0.4) is 0 Å². The lowest BCUT2D eigenvalue weighted by Gasteiger charge is -2.29. The highest BCUT2D eigenvalue weighted by molar-refractivity contribution is 7.61. The molecule has 0 saturated carbocycles. The summed E-state index contributed by atoms with van der Waals surface area (Å²) in [6.07, 6.45) is 1.14. The highest BCUT2D eigenvalue weighted by Crippen LogP contribution is 2.49. The molecule has 0 radical (unpaired) electrons. The van der Waals surface area contributed by atoms with Crippen molar-refractivity contribution in [2.45, 2.75) is 13.3 Å². The van der Waals surface area contributed by atoms with Crippen molar-refractivity contribution in [3.63, 3.8) is 0 Å². The molecule has 0 aliphatic carbocycles. The molecule has 0 spiro atoms. The highest BCUT2D eigenvalue weighted by atomic mass is 31.1. The van der Waals surface area contributed by atoms with E-state index in [0.29, 0.717) is 6.42 Å². The Morgan fingerprint density at radius 3 is 2.67 bits per heavy atom. The van der Waals surface area contributed by atoms with Gasteiger partial charge < -0.3 is 14.4 Å². The van der Waals surface area contributed by atoms with Crippen LogP contribution in [0.2, 0.25) is 0 Å². The third-order valence-corrected chi connectivity index (χ3v) is 6.20. The summed E-state index contributed by atoms with van der Waals surface area (Å²) in [4.78, 5) is 11.7. The summed E-state index contributed by atoms with van der Waals surface area (Å²) in [5, 5.41) is 9.94. The largest absolute Gasteiger partial charge is 0.469 e. The standard InChI is InChI=1S/C19H21O4P/c1-14(12-19(21)22-11-10-20)13-24-18-9-5-3-7-16(18)15-6-2-4-8-17(15)23-24/h2-9,14,20H,10-13H2,1H3. The molecule has 126 valence electrons. The second-order valence-electron chi connectivity index (χ2n) is 5.92. The summed E-state index contributed by atoms with van der Waals surface area (Å²) in [6, 6.07) is 16.4. The van der Waals surface area contributed by atoms with Crippen LogP contribution in [0.4, 0.5) is 0 Å². The van der Waals surface area contributed by atoms with Crippen molar-refractivity contribution in [3.05, 3.63) is 48.5 Å². The Labute approximate surface area is 143 Å². The van der Waals surface area contributed by atoms with Gasteiger partial charge in [-0.3, -0.25) is 4.79 Å². The number of benzene rings is 2. The molecule has 2 aromatic carbocycles. The van der Waals surface area contributed by atoms with E-state index in [0.717, 1.165) is 17.5 Å². The van der Waals surface area contributed by atoms with Crippen molar-refractivity contribution in [1.29, 1.82) is 0 Å². The Morgan fingerprint density at radius 1 is 1.17 bits per heavy atom. The SMILES string of the molecule is CC(CC(=O)OCCO)CP1Oc2ccccc2-c2ccccc21. The summed E-state index contributed by atoms with van der Waals surface area (Å²) in [5.74, 6) is 0.801. The number of hydrogen-bond donors (Lipinski definition) is 1. The molecule has 0 fully saturated rings. The lowest BCUT2D eigenvalue weighted by Crippen LogP contribution is -2.20. The van der Waals surface area contributed by atoms with Crippen molar-refractivity contribution in [1.82, 2.24) is 0 Å². The van der Waals surface area contributed by atoms with Gasteiger partial charge in [0.25, 0.3) is 0 Å². The minimum absolute atomic E-state index is 0.0625. The molecular weight excluding hydrogens is 323 g/mol. The Balaban J connectivity index is 1.74. The molecule has 0 saturated heterocycles. The molecule has 2 atom stereocenters. The van der Waals surface area contributed by atoms with Gasteiger partial charge in [-0.15, -0.1) is 0 Å². The first-order chi connectivity index (χ1) is 11.7. The third kappa shape index (κ3) is 3.77. The number of aliphatic hydroxyl groups is 1. The molecule has 1 N–H and O–H groups in total. The van der Waals surface area contributed by atoms with Crippen LogP contribution in [0.25, 0.3) is 11.1 Å². The zero-order valence-electron chi connectivity index (χ0n) is 13.6. The lowest BCUT2D eigenvalue weighted by molar-refractivity contribution is -0.145. The first-order valence-electron chi connectivity index (χ1n) is 8.09. The zero-order valence-corrected chi connectivity index (χ0v) is 14.5. The van der Waals surface area contributed by atoms with Crippen LogP contribution in [0.1, 0.15) is 13.3 Å². The maximum atomic E-state index is 11.7. The van der Waals surface area contributed by atoms with E-state index in [-0.39, 0.29) is 25.1 Å². The predicted molar refractivity (Wildman–Crippen MR) is 95.8 cm³/mol. The molecule has 0 aromatic heterocycles. The van der Waals surface area contributed by atoms with Gasteiger partial charge in [0, 0.05) is 23.5 Å². The minimum Gasteiger partial charge on any atom is -0.469 e. The molecule has 1 aliphatic heterocycles. The number of rotatable bonds is 6. The molecule has 5 heteroatoms. The van der Waals surface area contributed by atoms with E-state index >= 15 is 0 Å². The second-order valence-corrected chi connectivity index (χ2v) is 7.71. The van der Waals surface area contributed by atoms with Crippen molar-refractivity contribution in [3.8, 4) is 16.9 Å². The Bertz CT molecular complexity index is 716. The summed E-state index contributed by atoms with van der Waals surface area (Å²) < 4.78 is 11.2. The number of ether oxygens (including phenoxy) is 1. The predicted octanol–water partition coefficient (Wildman–Crippen LogP) is 3.33. The van der Waals surface area contributed by atoms with E-state index in [1.165, 1.54) is 10.9 Å². The van der Waals surface area contributed by atoms with Crippen molar-refractivity contribution in [2.24, 2.45) is 5.92 Å². The number of aliphatic hydroxyl groups excluding tert-OH is 1. The average molecular weight is 344 g/mol. The quantitative estimate of drug-likeness (QED) is 0.645. The Morgan fingerprint density at radius 2 is 1.88 bits per heavy atom. The summed E-state index contributed by atoms with van der Waals surface area (Å²) >= 11 is 0. The van der Waals surface area contributed by atoms with E-state index in [1.54, 1.807) is 0 Å². The Kier molecular flexibility index (Phi) is 5.49. The second kappa shape index (κ2) is 7.78. The summed E-state index contributed by atoms with van der Waals surface area (Å²) in [5.41, 5.74) is 2.35. The topological polar surface area (TPSA) is 55.8 Å². The normalized spacial score (nSPS) is 16.5. The fourth-order valence-corrected chi connectivity index (χ4v) is 5.02. The van der Waals surface area contributed by atoms with Gasteiger partial charge in [0.15, 0.2) is 0 Å². The van der Waals surface area contributed by atoms with E-state index in [2.05, 4.69) is 18.2 Å². The minimum atomic E-state index is -0.814. The van der Waals surface area contributed by atoms with Gasteiger partial charge in [-0.05, 0) is 17.5 Å². The number of hydrogen-bond acceptors (Lipinski definition) is 4. The molecule has 1 heterocycles. The highest BCUT2D eigenvalue weighted by Gasteiger charge is 2.28. The molecule has 24 heavy (non-hydrogen) atoms. The van der Waals surface area contributed by atoms with Gasteiger partial charge in [0.05, 0.1) is 6.61 Å². The smallest absolute Gasteiger partial charge is 0.306 e. The molecule has 2 unspecified atom stereocenters. The molecule has 1 aliphatic rings. The van der Waals surface area contributed by atoms with Gasteiger partial charge >= 0.3 is 5.97 Å². The van der Waals surface area contributed by atoms with E-state index in [4.69, 9.17) is 14.4 Å². The Hall–Kier alpha value is -1.90. The summed E-state index contributed by atoms with van der Waals surface area (Å²) in [7, 11) is -0.814. The van der Waals surface area contributed by atoms with E-state index in [1.807, 2.05) is 37.3 Å². The first-order valence-corrected chi connectivity index (χ1v) is 9.54. The summed E-state index contributed by atoms with van der Waals surface area (Å²) in [6.45, 7) is 1.96. The van der Waals surface area contributed by atoms with Crippen LogP contribution in [-0.4, -0.2) is 30.5 Å². The number of carbonyl (C=O) groups excluding carboxylic acids is 1. The van der Waals surface area contributed by atoms with Gasteiger partial charge in [-0.1, -0.05) is 49.4 Å². The van der Waals surface area contributed by atoms with Crippen molar-refractivity contribution >= 4 is 19.4 Å². The fraction of sp³-hybridized carbons (Fsp3) is 0.316. The van der Waals surface area contributed by atoms with Crippen molar-refractivity contribution < 1.29 is 19.2 Å². The van der Waals surface area contributed by atoms with Gasteiger partial charge in [-0.2, -0.15) is 0 Å². The van der Waals surface area contributed by atoms with Crippen molar-refractivity contribution in [2.75, 3.05) is 19.4 Å². The molecule has 2 aromatic rings. The monoisotopic (exact) mass is 344 g/mol. The number of para-hydroxylation sites is 1. The van der Waals surface area contributed by atoms with Crippen LogP contribution in [0, 0.1) is 5.92 Å². The molecule has 0 amide bonds. The van der Waals surface area contributed by atoms with Crippen LogP contribution >= 0.6 is 8.15 Å². The number of esters is 1. The maximum Gasteiger partial charge on any atom is 0.306 e. The van der Waals surface area contributed by atoms with Gasteiger partial charge in [0.2, 0.25) is 0 Å². The molecule has 4 nitrogen and oxygen atoms in total. The first kappa shape index (κ1) is 16.9. The number of carbonyl (C=O) groups is 1. The number of fused-ring (bicyclic) bond motifs is 3. The van der Waals surface area contributed by atoms with Gasteiger partial charge in [-0.25, -0.2) is 0 Å². The van der Waals surface area contributed by atoms with E-state index < -0.39 is 8.15 Å². The van der Waals surface area contributed by atoms with Crippen LogP contribution < -0.4 is 9.83 Å². The maximum absolute atomic E-state index is 11.7. The molecule has 3 rings (SSSR count). The van der Waals surface area contributed by atoms with E-state index in [9.17, 15) is 4.79 Å². The third-order valence-electron chi connectivity index (χ3n) is 3.91. The van der Waals surface area contributed by atoms with Crippen LogP contribution in [0.5, 0.6) is 5.75 Å². The van der Waals surface area contributed by atoms with Gasteiger partial charge in [0.1, 0.15) is 20.5 Å².